The topological polar surface area (TPSA) is 105 Å². The zero-order valence-corrected chi connectivity index (χ0v) is 17.8. The molecule has 0 aliphatic carbocycles. The molecule has 8 nitrogen and oxygen atoms in total. The van der Waals surface area contributed by atoms with Gasteiger partial charge in [0.2, 0.25) is 10.0 Å². The van der Waals surface area contributed by atoms with E-state index in [0.717, 1.165) is 36.0 Å². The maximum atomic E-state index is 12.8. The van der Waals surface area contributed by atoms with E-state index in [1.165, 1.54) is 11.3 Å². The summed E-state index contributed by atoms with van der Waals surface area (Å²) in [6, 6.07) is -0.552. The molecular formula is C17H27N3O5S2. The van der Waals surface area contributed by atoms with E-state index in [4.69, 9.17) is 4.74 Å². The van der Waals surface area contributed by atoms with Crippen molar-refractivity contribution in [3.8, 4) is 0 Å². The van der Waals surface area contributed by atoms with E-state index in [0.29, 0.717) is 17.1 Å². The van der Waals surface area contributed by atoms with Gasteiger partial charge in [0.25, 0.3) is 0 Å². The van der Waals surface area contributed by atoms with Crippen molar-refractivity contribution in [2.24, 2.45) is 0 Å². The smallest absolute Gasteiger partial charge is 0.341 e. The summed E-state index contributed by atoms with van der Waals surface area (Å²) < 4.78 is 30.4. The van der Waals surface area contributed by atoms with Crippen molar-refractivity contribution >= 4 is 38.4 Å². The number of anilines is 1. The molecule has 0 bridgehead atoms. The predicted octanol–water partition coefficient (Wildman–Crippen LogP) is 2.48. The molecular weight excluding hydrogens is 390 g/mol. The molecule has 0 aromatic carbocycles. The van der Waals surface area contributed by atoms with E-state index < -0.39 is 16.0 Å². The lowest BCUT2D eigenvalue weighted by molar-refractivity contribution is 0.0527. The third kappa shape index (κ3) is 5.66. The molecule has 1 fully saturated rings. The van der Waals surface area contributed by atoms with Crippen molar-refractivity contribution in [2.45, 2.75) is 46.1 Å². The first-order valence-electron chi connectivity index (χ1n) is 8.93. The number of nitrogens with one attached hydrogen (secondary N) is 2. The van der Waals surface area contributed by atoms with Gasteiger partial charge < -0.3 is 9.64 Å². The van der Waals surface area contributed by atoms with Crippen LogP contribution in [0.3, 0.4) is 0 Å². The van der Waals surface area contributed by atoms with E-state index in [1.807, 2.05) is 13.8 Å². The Bertz CT molecular complexity index is 804. The van der Waals surface area contributed by atoms with E-state index in [2.05, 4.69) is 10.0 Å². The van der Waals surface area contributed by atoms with Crippen LogP contribution in [0.15, 0.2) is 0 Å². The van der Waals surface area contributed by atoms with Crippen LogP contribution in [0, 0.1) is 13.8 Å². The highest BCUT2D eigenvalue weighted by atomic mass is 32.2. The normalized spacial score (nSPS) is 17.6. The summed E-state index contributed by atoms with van der Waals surface area (Å²) in [4.78, 5) is 27.7. The largest absolute Gasteiger partial charge is 0.462 e. The number of rotatable bonds is 6. The van der Waals surface area contributed by atoms with Crippen LogP contribution in [0.5, 0.6) is 0 Å². The van der Waals surface area contributed by atoms with Crippen molar-refractivity contribution < 1.29 is 22.7 Å². The number of amides is 2. The Labute approximate surface area is 164 Å². The highest BCUT2D eigenvalue weighted by Gasteiger charge is 2.29. The van der Waals surface area contributed by atoms with Crippen LogP contribution >= 0.6 is 11.3 Å². The molecule has 0 saturated carbocycles. The fraction of sp³-hybridized carbons (Fsp3) is 0.647. The highest BCUT2D eigenvalue weighted by Crippen LogP contribution is 2.33. The first-order valence-corrected chi connectivity index (χ1v) is 11.6. The zero-order valence-electron chi connectivity index (χ0n) is 16.1. The van der Waals surface area contributed by atoms with Crippen LogP contribution in [0.25, 0.3) is 0 Å². The van der Waals surface area contributed by atoms with E-state index in [-0.39, 0.29) is 25.2 Å². The average molecular weight is 418 g/mol. The minimum Gasteiger partial charge on any atom is -0.462 e. The monoisotopic (exact) mass is 417 g/mol. The number of likely N-dealkylation sites (tertiary alicyclic amines) is 1. The van der Waals surface area contributed by atoms with Gasteiger partial charge in [0.15, 0.2) is 0 Å². The van der Waals surface area contributed by atoms with Gasteiger partial charge in [-0.2, -0.15) is 0 Å². The summed E-state index contributed by atoms with van der Waals surface area (Å²) in [5.41, 5.74) is 1.18. The van der Waals surface area contributed by atoms with Gasteiger partial charge in [-0.1, -0.05) is 0 Å². The van der Waals surface area contributed by atoms with Crippen molar-refractivity contribution in [1.82, 2.24) is 9.62 Å². The predicted molar refractivity (Wildman–Crippen MR) is 106 cm³/mol. The third-order valence-corrected chi connectivity index (χ3v) is 6.37. The van der Waals surface area contributed by atoms with Crippen molar-refractivity contribution in [3.63, 3.8) is 0 Å². The lowest BCUT2D eigenvalue weighted by Gasteiger charge is -2.35. The minimum atomic E-state index is -3.33. The number of carbonyl (C=O) groups excluding carboxylic acids is 2. The second-order valence-electron chi connectivity index (χ2n) is 6.60. The van der Waals surface area contributed by atoms with Gasteiger partial charge in [-0.15, -0.1) is 11.3 Å². The van der Waals surface area contributed by atoms with Gasteiger partial charge in [-0.05, 0) is 45.6 Å². The molecule has 0 unspecified atom stereocenters. The van der Waals surface area contributed by atoms with Gasteiger partial charge in [0.1, 0.15) is 5.00 Å². The number of piperidine rings is 1. The number of hydrogen-bond donors (Lipinski definition) is 2. The molecule has 1 saturated heterocycles. The van der Waals surface area contributed by atoms with Crippen LogP contribution in [0.1, 0.15) is 47.0 Å². The molecule has 1 aromatic heterocycles. The van der Waals surface area contributed by atoms with Gasteiger partial charge in [0.05, 0.1) is 18.4 Å². The Morgan fingerprint density at radius 3 is 2.63 bits per heavy atom. The molecule has 1 aliphatic heterocycles. The summed E-state index contributed by atoms with van der Waals surface area (Å²) in [7, 11) is -3.33. The molecule has 0 spiro atoms. The number of carbonyl (C=O) groups is 2. The Balaban J connectivity index is 2.17. The number of ether oxygens (including phenoxy) is 1. The number of sulfonamides is 1. The molecule has 1 atom stereocenters. The number of esters is 1. The highest BCUT2D eigenvalue weighted by molar-refractivity contribution is 7.88. The second-order valence-corrected chi connectivity index (χ2v) is 9.66. The summed E-state index contributed by atoms with van der Waals surface area (Å²) >= 11 is 1.34. The van der Waals surface area contributed by atoms with Crippen molar-refractivity contribution in [1.29, 1.82) is 0 Å². The summed E-state index contributed by atoms with van der Waals surface area (Å²) in [6.07, 6.45) is 3.62. The third-order valence-electron chi connectivity index (χ3n) is 4.55. The second kappa shape index (κ2) is 9.03. The van der Waals surface area contributed by atoms with Gasteiger partial charge in [0, 0.05) is 24.0 Å². The van der Waals surface area contributed by atoms with Crippen LogP contribution in [0.2, 0.25) is 0 Å². The molecule has 2 rings (SSSR count). The Morgan fingerprint density at radius 1 is 1.30 bits per heavy atom. The lowest BCUT2D eigenvalue weighted by Crippen LogP contribution is -2.50. The van der Waals surface area contributed by atoms with Crippen LogP contribution in [-0.4, -0.2) is 57.3 Å². The quantitative estimate of drug-likeness (QED) is 0.692. The average Bonchev–Trinajstić information content (AvgIpc) is 2.86. The van der Waals surface area contributed by atoms with Gasteiger partial charge in [-0.3, -0.25) is 5.32 Å². The standard InChI is InChI=1S/C17H27N3O5S2/c1-5-25-16(21)14-11(2)12(3)26-15(14)19-17(22)20-9-7-6-8-13(20)10-18-27(4,23)24/h13,18H,5-10H2,1-4H3,(H,19,22)/t13-/m1/s1. The Morgan fingerprint density at radius 2 is 2.00 bits per heavy atom. The fourth-order valence-electron chi connectivity index (χ4n) is 3.06. The number of aryl methyl sites for hydroxylation is 1. The zero-order chi connectivity index (χ0) is 20.2. The van der Waals surface area contributed by atoms with E-state index in [9.17, 15) is 18.0 Å². The van der Waals surface area contributed by atoms with Crippen LogP contribution in [-0.2, 0) is 14.8 Å². The first kappa shape index (κ1) is 21.6. The fourth-order valence-corrected chi connectivity index (χ4v) is 4.59. The van der Waals surface area contributed by atoms with Crippen molar-refractivity contribution in [2.75, 3.05) is 31.3 Å². The van der Waals surface area contributed by atoms with Crippen LogP contribution in [0.4, 0.5) is 9.80 Å². The molecule has 10 heteroatoms. The number of urea groups is 1. The molecule has 2 amide bonds. The number of nitrogens with zero attached hydrogens (tertiary/aromatic N) is 1. The molecule has 0 radical (unpaired) electrons. The van der Waals surface area contributed by atoms with E-state index >= 15 is 0 Å². The molecule has 2 N–H and O–H groups in total. The van der Waals surface area contributed by atoms with Crippen LogP contribution < -0.4 is 10.0 Å². The summed E-state index contributed by atoms with van der Waals surface area (Å²) in [5, 5.41) is 3.30. The van der Waals surface area contributed by atoms with E-state index in [1.54, 1.807) is 11.8 Å². The molecule has 2 heterocycles. The maximum absolute atomic E-state index is 12.8. The Kier molecular flexibility index (Phi) is 7.24. The molecule has 27 heavy (non-hydrogen) atoms. The molecule has 1 aliphatic rings. The van der Waals surface area contributed by atoms with Crippen molar-refractivity contribution in [3.05, 3.63) is 16.0 Å². The molecule has 1 aromatic rings. The summed E-state index contributed by atoms with van der Waals surface area (Å²) in [5.74, 6) is -0.455. The number of hydrogen-bond acceptors (Lipinski definition) is 6. The lowest BCUT2D eigenvalue weighted by atomic mass is 10.0. The molecule has 152 valence electrons. The number of thiophene rings is 1. The first-order chi connectivity index (χ1) is 12.6. The Hall–Kier alpha value is -1.65. The maximum Gasteiger partial charge on any atom is 0.341 e. The summed E-state index contributed by atoms with van der Waals surface area (Å²) in [6.45, 7) is 6.43. The van der Waals surface area contributed by atoms with Gasteiger partial charge in [-0.25, -0.2) is 22.7 Å². The van der Waals surface area contributed by atoms with Gasteiger partial charge >= 0.3 is 12.0 Å². The SMILES string of the molecule is CCOC(=O)c1c(NC(=O)N2CCCC[C@@H]2CNS(C)(=O)=O)sc(C)c1C. The minimum absolute atomic E-state index is 0.180.